The van der Waals surface area contributed by atoms with Crippen molar-refractivity contribution in [3.63, 3.8) is 0 Å². The summed E-state index contributed by atoms with van der Waals surface area (Å²) >= 11 is 6.03. The highest BCUT2D eigenvalue weighted by Gasteiger charge is 2.09. The molecule has 0 saturated heterocycles. The predicted molar refractivity (Wildman–Crippen MR) is 77.9 cm³/mol. The monoisotopic (exact) mass is 274 g/mol. The first kappa shape index (κ1) is 13.6. The highest BCUT2D eigenvalue weighted by molar-refractivity contribution is 6.31. The van der Waals surface area contributed by atoms with Gasteiger partial charge in [0.1, 0.15) is 5.69 Å². The molecule has 0 radical (unpaired) electrons. The van der Waals surface area contributed by atoms with E-state index in [1.165, 1.54) is 0 Å². The molecule has 19 heavy (non-hydrogen) atoms. The zero-order valence-corrected chi connectivity index (χ0v) is 11.9. The first-order valence-electron chi connectivity index (χ1n) is 5.98. The van der Waals surface area contributed by atoms with Crippen LogP contribution in [0.2, 0.25) is 5.02 Å². The quantitative estimate of drug-likeness (QED) is 0.902. The lowest BCUT2D eigenvalue weighted by molar-refractivity contribution is 0.102. The average Bonchev–Trinajstić information content (AvgIpc) is 2.32. The maximum atomic E-state index is 12.1. The Balaban J connectivity index is 2.22. The molecule has 0 spiro atoms. The van der Waals surface area contributed by atoms with E-state index in [0.717, 1.165) is 16.8 Å². The second kappa shape index (κ2) is 5.41. The molecule has 1 heterocycles. The van der Waals surface area contributed by atoms with Crippen LogP contribution in [-0.2, 0) is 0 Å². The van der Waals surface area contributed by atoms with E-state index in [-0.39, 0.29) is 5.91 Å². The maximum Gasteiger partial charge on any atom is 0.274 e. The van der Waals surface area contributed by atoms with Gasteiger partial charge in [-0.05, 0) is 56.2 Å². The second-order valence-electron chi connectivity index (χ2n) is 4.59. The molecule has 0 aliphatic carbocycles. The Morgan fingerprint density at radius 2 is 1.89 bits per heavy atom. The lowest BCUT2D eigenvalue weighted by atomic mass is 10.2. The van der Waals surface area contributed by atoms with Crippen molar-refractivity contribution in [3.8, 4) is 0 Å². The van der Waals surface area contributed by atoms with Crippen LogP contribution in [-0.4, -0.2) is 10.9 Å². The molecule has 1 N–H and O–H groups in total. The molecule has 4 heteroatoms. The van der Waals surface area contributed by atoms with Crippen molar-refractivity contribution in [3.05, 3.63) is 57.9 Å². The zero-order chi connectivity index (χ0) is 14.0. The maximum absolute atomic E-state index is 12.1. The summed E-state index contributed by atoms with van der Waals surface area (Å²) in [7, 11) is 0. The van der Waals surface area contributed by atoms with Crippen LogP contribution >= 0.6 is 11.6 Å². The number of carbonyl (C=O) groups is 1. The van der Waals surface area contributed by atoms with Crippen molar-refractivity contribution in [2.45, 2.75) is 20.8 Å². The van der Waals surface area contributed by atoms with Crippen LogP contribution in [0.5, 0.6) is 0 Å². The Hall–Kier alpha value is -1.87. The molecular weight excluding hydrogens is 260 g/mol. The van der Waals surface area contributed by atoms with Gasteiger partial charge in [-0.2, -0.15) is 0 Å². The minimum absolute atomic E-state index is 0.230. The van der Waals surface area contributed by atoms with Gasteiger partial charge in [0.25, 0.3) is 5.91 Å². The standard InChI is InChI=1S/C15H15ClN2O/c1-9-6-11(3)17-14(7-9)15(19)18-12-5-4-10(2)13(16)8-12/h4-8H,1-3H3,(H,18,19). The molecular formula is C15H15ClN2O. The molecule has 0 saturated carbocycles. The molecule has 0 bridgehead atoms. The molecule has 1 aromatic carbocycles. The second-order valence-corrected chi connectivity index (χ2v) is 5.00. The summed E-state index contributed by atoms with van der Waals surface area (Å²) in [5.74, 6) is -0.230. The van der Waals surface area contributed by atoms with Gasteiger partial charge in [-0.15, -0.1) is 0 Å². The molecule has 1 aromatic heterocycles. The number of amides is 1. The highest BCUT2D eigenvalue weighted by Crippen LogP contribution is 2.20. The fraction of sp³-hybridized carbons (Fsp3) is 0.200. The third-order valence-corrected chi connectivity index (χ3v) is 3.17. The largest absolute Gasteiger partial charge is 0.321 e. The van der Waals surface area contributed by atoms with Crippen LogP contribution < -0.4 is 5.32 Å². The summed E-state index contributed by atoms with van der Waals surface area (Å²) in [6.45, 7) is 5.72. The van der Waals surface area contributed by atoms with Crippen LogP contribution in [0.4, 0.5) is 5.69 Å². The van der Waals surface area contributed by atoms with Crippen LogP contribution in [0.25, 0.3) is 0 Å². The van der Waals surface area contributed by atoms with Crippen molar-refractivity contribution < 1.29 is 4.79 Å². The number of nitrogens with one attached hydrogen (secondary N) is 1. The van der Waals surface area contributed by atoms with Gasteiger partial charge in [-0.1, -0.05) is 17.7 Å². The predicted octanol–water partition coefficient (Wildman–Crippen LogP) is 3.91. The van der Waals surface area contributed by atoms with E-state index in [0.29, 0.717) is 16.4 Å². The number of aromatic nitrogens is 1. The van der Waals surface area contributed by atoms with Crippen molar-refractivity contribution in [2.24, 2.45) is 0 Å². The summed E-state index contributed by atoms with van der Waals surface area (Å²) in [4.78, 5) is 16.3. The molecule has 1 amide bonds. The number of nitrogens with zero attached hydrogens (tertiary/aromatic N) is 1. The van der Waals surface area contributed by atoms with Gasteiger partial charge < -0.3 is 5.32 Å². The zero-order valence-electron chi connectivity index (χ0n) is 11.1. The molecule has 0 unspecified atom stereocenters. The lowest BCUT2D eigenvalue weighted by Crippen LogP contribution is -2.14. The van der Waals surface area contributed by atoms with Gasteiger partial charge in [0.15, 0.2) is 0 Å². The summed E-state index contributed by atoms with van der Waals surface area (Å²) < 4.78 is 0. The van der Waals surface area contributed by atoms with E-state index in [1.54, 1.807) is 12.1 Å². The number of carbonyl (C=O) groups excluding carboxylic acids is 1. The number of benzene rings is 1. The minimum atomic E-state index is -0.230. The first-order chi connectivity index (χ1) is 8.95. The van der Waals surface area contributed by atoms with Crippen LogP contribution in [0.1, 0.15) is 27.3 Å². The van der Waals surface area contributed by atoms with Crippen molar-refractivity contribution in [2.75, 3.05) is 5.32 Å². The summed E-state index contributed by atoms with van der Waals surface area (Å²) in [6, 6.07) is 9.11. The normalized spacial score (nSPS) is 10.3. The SMILES string of the molecule is Cc1cc(C)nc(C(=O)Nc2ccc(C)c(Cl)c2)c1. The first-order valence-corrected chi connectivity index (χ1v) is 6.36. The minimum Gasteiger partial charge on any atom is -0.321 e. The Morgan fingerprint density at radius 1 is 1.16 bits per heavy atom. The van der Waals surface area contributed by atoms with Crippen molar-refractivity contribution in [1.29, 1.82) is 0 Å². The molecule has 0 fully saturated rings. The number of hydrogen-bond donors (Lipinski definition) is 1. The van der Waals surface area contributed by atoms with Gasteiger partial charge in [0, 0.05) is 16.4 Å². The van der Waals surface area contributed by atoms with Crippen molar-refractivity contribution in [1.82, 2.24) is 4.98 Å². The van der Waals surface area contributed by atoms with Crippen LogP contribution in [0, 0.1) is 20.8 Å². The van der Waals surface area contributed by atoms with Crippen LogP contribution in [0.15, 0.2) is 30.3 Å². The molecule has 0 atom stereocenters. The molecule has 0 aliphatic rings. The Morgan fingerprint density at radius 3 is 2.53 bits per heavy atom. The van der Waals surface area contributed by atoms with Gasteiger partial charge in [0.2, 0.25) is 0 Å². The van der Waals surface area contributed by atoms with E-state index >= 15 is 0 Å². The van der Waals surface area contributed by atoms with Crippen molar-refractivity contribution >= 4 is 23.2 Å². The lowest BCUT2D eigenvalue weighted by Gasteiger charge is -2.07. The number of pyridine rings is 1. The third kappa shape index (κ3) is 3.32. The number of halogens is 1. The smallest absolute Gasteiger partial charge is 0.274 e. The van der Waals surface area contributed by atoms with Gasteiger partial charge >= 0.3 is 0 Å². The summed E-state index contributed by atoms with van der Waals surface area (Å²) in [5.41, 5.74) is 3.90. The molecule has 3 nitrogen and oxygen atoms in total. The van der Waals surface area contributed by atoms with Gasteiger partial charge in [0.05, 0.1) is 0 Å². The highest BCUT2D eigenvalue weighted by atomic mass is 35.5. The number of hydrogen-bond acceptors (Lipinski definition) is 2. The Bertz CT molecular complexity index is 618. The van der Waals surface area contributed by atoms with Gasteiger partial charge in [-0.3, -0.25) is 4.79 Å². The van der Waals surface area contributed by atoms with E-state index in [2.05, 4.69) is 10.3 Å². The Labute approximate surface area is 117 Å². The Kier molecular flexibility index (Phi) is 3.86. The van der Waals surface area contributed by atoms with E-state index in [4.69, 9.17) is 11.6 Å². The summed E-state index contributed by atoms with van der Waals surface area (Å²) in [5, 5.41) is 3.43. The fourth-order valence-electron chi connectivity index (χ4n) is 1.82. The third-order valence-electron chi connectivity index (χ3n) is 2.76. The molecule has 2 rings (SSSR count). The van der Waals surface area contributed by atoms with E-state index in [1.807, 2.05) is 39.0 Å². The number of anilines is 1. The molecule has 98 valence electrons. The number of aryl methyl sites for hydroxylation is 3. The fourth-order valence-corrected chi connectivity index (χ4v) is 2.00. The van der Waals surface area contributed by atoms with E-state index in [9.17, 15) is 4.79 Å². The number of rotatable bonds is 2. The van der Waals surface area contributed by atoms with E-state index < -0.39 is 0 Å². The molecule has 2 aromatic rings. The average molecular weight is 275 g/mol. The summed E-state index contributed by atoms with van der Waals surface area (Å²) in [6.07, 6.45) is 0. The van der Waals surface area contributed by atoms with Gasteiger partial charge in [-0.25, -0.2) is 4.98 Å². The topological polar surface area (TPSA) is 42.0 Å². The van der Waals surface area contributed by atoms with Crippen LogP contribution in [0.3, 0.4) is 0 Å². The molecule has 0 aliphatic heterocycles.